The van der Waals surface area contributed by atoms with Gasteiger partial charge in [0.2, 0.25) is 0 Å². The summed E-state index contributed by atoms with van der Waals surface area (Å²) in [5.41, 5.74) is 3.96. The average Bonchev–Trinajstić information content (AvgIpc) is 2.74. The quantitative estimate of drug-likeness (QED) is 0.576. The molecule has 1 aliphatic heterocycles. The minimum absolute atomic E-state index is 0.0476. The zero-order chi connectivity index (χ0) is 19.5. The summed E-state index contributed by atoms with van der Waals surface area (Å²) in [5, 5.41) is 14.0. The van der Waals surface area contributed by atoms with Crippen LogP contribution in [-0.2, 0) is 0 Å². The second-order valence-corrected chi connectivity index (χ2v) is 7.66. The van der Waals surface area contributed by atoms with Gasteiger partial charge >= 0.3 is 0 Å². The summed E-state index contributed by atoms with van der Waals surface area (Å²) in [6, 6.07) is 23.5. The normalized spacial score (nSPS) is 19.1. The molecule has 0 radical (unpaired) electrons. The third-order valence-corrected chi connectivity index (χ3v) is 5.47. The van der Waals surface area contributed by atoms with Crippen LogP contribution in [0.2, 0.25) is 0 Å². The molecule has 0 saturated heterocycles. The first-order valence-electron chi connectivity index (χ1n) is 9.14. The molecule has 0 amide bonds. The number of rotatable bonds is 4. The van der Waals surface area contributed by atoms with E-state index in [4.69, 9.17) is 9.73 Å². The van der Waals surface area contributed by atoms with Crippen LogP contribution < -0.4 is 10.1 Å². The first kappa shape index (κ1) is 18.7. The first-order chi connectivity index (χ1) is 13.6. The van der Waals surface area contributed by atoms with E-state index in [1.165, 1.54) is 0 Å². The molecule has 0 fully saturated rings. The molecule has 0 aromatic heterocycles. The number of benzene rings is 3. The van der Waals surface area contributed by atoms with Gasteiger partial charge in [0, 0.05) is 28.2 Å². The Labute approximate surface area is 173 Å². The van der Waals surface area contributed by atoms with Crippen molar-refractivity contribution in [1.29, 1.82) is 0 Å². The summed E-state index contributed by atoms with van der Waals surface area (Å²) < 4.78 is 6.41. The Bertz CT molecular complexity index is 1000. The van der Waals surface area contributed by atoms with Crippen LogP contribution in [0.5, 0.6) is 11.5 Å². The lowest BCUT2D eigenvalue weighted by Crippen LogP contribution is -2.33. The van der Waals surface area contributed by atoms with Crippen molar-refractivity contribution in [3.05, 3.63) is 94.0 Å². The van der Waals surface area contributed by atoms with Crippen LogP contribution in [-0.4, -0.2) is 17.9 Å². The monoisotopic (exact) mass is 436 g/mol. The molecule has 3 aromatic carbocycles. The summed E-state index contributed by atoms with van der Waals surface area (Å²) >= 11 is 3.49. The van der Waals surface area contributed by atoms with Crippen LogP contribution in [0.25, 0.3) is 0 Å². The molecule has 0 unspecified atom stereocenters. The molecule has 0 spiro atoms. The van der Waals surface area contributed by atoms with Crippen LogP contribution in [0.3, 0.4) is 0 Å². The molecule has 28 heavy (non-hydrogen) atoms. The van der Waals surface area contributed by atoms with Gasteiger partial charge in [-0.25, -0.2) is 0 Å². The van der Waals surface area contributed by atoms with E-state index in [1.54, 1.807) is 13.2 Å². The van der Waals surface area contributed by atoms with Gasteiger partial charge in [-0.15, -0.1) is 0 Å². The summed E-state index contributed by atoms with van der Waals surface area (Å²) in [5.74, 6) is 1.10. The van der Waals surface area contributed by atoms with E-state index in [0.29, 0.717) is 12.2 Å². The lowest BCUT2D eigenvalue weighted by molar-refractivity contribution is 0.411. The van der Waals surface area contributed by atoms with Gasteiger partial charge in [0.25, 0.3) is 0 Å². The molecule has 1 aliphatic rings. The number of hydrogen-bond donors (Lipinski definition) is 2. The molecule has 2 N–H and O–H groups in total. The largest absolute Gasteiger partial charge is 0.508 e. The smallest absolute Gasteiger partial charge is 0.126 e. The van der Waals surface area contributed by atoms with Crippen molar-refractivity contribution in [1.82, 2.24) is 5.32 Å². The molecule has 0 saturated carbocycles. The van der Waals surface area contributed by atoms with Crippen molar-refractivity contribution in [2.24, 2.45) is 4.99 Å². The third kappa shape index (κ3) is 3.96. The number of methoxy groups -OCH3 is 1. The number of halogens is 1. The topological polar surface area (TPSA) is 53.8 Å². The fraction of sp³-hybridized carbons (Fsp3) is 0.174. The summed E-state index contributed by atoms with van der Waals surface area (Å²) in [7, 11) is 1.67. The van der Waals surface area contributed by atoms with Crippen molar-refractivity contribution in [2.75, 3.05) is 7.11 Å². The molecular weight excluding hydrogens is 416 g/mol. The lowest BCUT2D eigenvalue weighted by Gasteiger charge is -2.31. The molecule has 1 heterocycles. The van der Waals surface area contributed by atoms with Gasteiger partial charge in [-0.2, -0.15) is 0 Å². The molecule has 3 aromatic rings. The number of hydrogen-bond acceptors (Lipinski definition) is 4. The average molecular weight is 437 g/mol. The number of aliphatic imine (C=N–C) groups is 1. The molecular formula is C23H21BrN2O2. The van der Waals surface area contributed by atoms with Gasteiger partial charge in [-0.3, -0.25) is 10.3 Å². The Morgan fingerprint density at radius 1 is 1.04 bits per heavy atom. The molecule has 4 rings (SSSR count). The predicted molar refractivity (Wildman–Crippen MR) is 115 cm³/mol. The minimum atomic E-state index is -0.201. The minimum Gasteiger partial charge on any atom is -0.508 e. The second kappa shape index (κ2) is 8.17. The van der Waals surface area contributed by atoms with E-state index < -0.39 is 0 Å². The maximum Gasteiger partial charge on any atom is 0.126 e. The zero-order valence-corrected chi connectivity index (χ0v) is 17.1. The van der Waals surface area contributed by atoms with E-state index in [0.717, 1.165) is 32.6 Å². The van der Waals surface area contributed by atoms with Gasteiger partial charge < -0.3 is 9.84 Å². The van der Waals surface area contributed by atoms with Crippen molar-refractivity contribution in [2.45, 2.75) is 18.6 Å². The summed E-state index contributed by atoms with van der Waals surface area (Å²) in [4.78, 5) is 4.99. The van der Waals surface area contributed by atoms with Crippen molar-refractivity contribution < 1.29 is 9.84 Å². The maximum absolute atomic E-state index is 10.4. The van der Waals surface area contributed by atoms with E-state index in [9.17, 15) is 5.11 Å². The van der Waals surface area contributed by atoms with Crippen molar-refractivity contribution in [3.63, 3.8) is 0 Å². The Morgan fingerprint density at radius 2 is 1.82 bits per heavy atom. The van der Waals surface area contributed by atoms with Crippen LogP contribution in [0, 0.1) is 0 Å². The lowest BCUT2D eigenvalue weighted by atomic mass is 9.93. The highest BCUT2D eigenvalue weighted by Crippen LogP contribution is 2.34. The number of ether oxygens (including phenoxy) is 1. The molecule has 0 bridgehead atoms. The zero-order valence-electron chi connectivity index (χ0n) is 15.5. The highest BCUT2D eigenvalue weighted by molar-refractivity contribution is 9.10. The van der Waals surface area contributed by atoms with Crippen LogP contribution in [0.1, 0.15) is 35.3 Å². The Hall–Kier alpha value is -2.63. The first-order valence-corrected chi connectivity index (χ1v) is 9.94. The molecule has 0 aliphatic carbocycles. The Kier molecular flexibility index (Phi) is 5.46. The van der Waals surface area contributed by atoms with Crippen molar-refractivity contribution >= 4 is 21.6 Å². The van der Waals surface area contributed by atoms with Crippen molar-refractivity contribution in [3.8, 4) is 11.5 Å². The molecule has 4 nitrogen and oxygen atoms in total. The number of para-hydroxylation sites is 1. The second-order valence-electron chi connectivity index (χ2n) is 6.74. The number of nitrogens with zero attached hydrogens (tertiary/aromatic N) is 1. The molecule has 2 atom stereocenters. The predicted octanol–water partition coefficient (Wildman–Crippen LogP) is 5.39. The van der Waals surface area contributed by atoms with Gasteiger partial charge in [0.05, 0.1) is 7.11 Å². The molecule has 5 heteroatoms. The van der Waals surface area contributed by atoms with E-state index >= 15 is 0 Å². The van der Waals surface area contributed by atoms with Crippen LogP contribution in [0.15, 0.2) is 82.3 Å². The van der Waals surface area contributed by atoms with Gasteiger partial charge in [-0.1, -0.05) is 58.4 Å². The van der Waals surface area contributed by atoms with Gasteiger partial charge in [0.15, 0.2) is 0 Å². The number of aromatic hydroxyl groups is 1. The summed E-state index contributed by atoms with van der Waals surface area (Å²) in [6.07, 6.45) is 0.477. The number of nitrogens with one attached hydrogen (secondary N) is 1. The fourth-order valence-corrected chi connectivity index (χ4v) is 3.75. The van der Waals surface area contributed by atoms with E-state index in [-0.39, 0.29) is 12.2 Å². The number of phenols is 1. The Balaban J connectivity index is 1.76. The third-order valence-electron chi connectivity index (χ3n) is 4.94. The van der Waals surface area contributed by atoms with E-state index in [1.807, 2.05) is 54.6 Å². The van der Waals surface area contributed by atoms with Crippen LogP contribution in [0.4, 0.5) is 0 Å². The highest BCUT2D eigenvalue weighted by atomic mass is 79.9. The fourth-order valence-electron chi connectivity index (χ4n) is 3.48. The van der Waals surface area contributed by atoms with Gasteiger partial charge in [-0.05, 0) is 41.5 Å². The summed E-state index contributed by atoms with van der Waals surface area (Å²) in [6.45, 7) is 0. The van der Waals surface area contributed by atoms with E-state index in [2.05, 4.69) is 33.4 Å². The molecule has 142 valence electrons. The van der Waals surface area contributed by atoms with Gasteiger partial charge in [0.1, 0.15) is 17.7 Å². The highest BCUT2D eigenvalue weighted by Gasteiger charge is 2.27. The van der Waals surface area contributed by atoms with Crippen LogP contribution >= 0.6 is 15.9 Å². The maximum atomic E-state index is 10.4. The number of phenolic OH excluding ortho intramolecular Hbond substituents is 1. The SMILES string of the molecule is COc1cccc(C2=N[C@@H](c3ccc(Br)cc3)N[C@@H](c3ccccc3O)C2)c1. The Morgan fingerprint density at radius 3 is 2.57 bits per heavy atom. The standard InChI is InChI=1S/C23H21BrN2O2/c1-28-18-6-4-5-16(13-18)20-14-21(19-7-2-3-8-22(19)27)26-23(25-20)15-9-11-17(24)12-10-15/h2-13,21,23,26-27H,14H2,1H3/t21-,23-/m1/s1.